The van der Waals surface area contributed by atoms with E-state index < -0.39 is 0 Å². The number of nitrogens with two attached hydrogens (primary N) is 1. The summed E-state index contributed by atoms with van der Waals surface area (Å²) >= 11 is 0. The summed E-state index contributed by atoms with van der Waals surface area (Å²) in [4.78, 5) is 13.3. The molecule has 0 unspecified atom stereocenters. The zero-order valence-electron chi connectivity index (χ0n) is 9.51. The maximum Gasteiger partial charge on any atom is 0.274 e. The molecule has 0 aromatic carbocycles. The molecule has 1 aromatic heterocycles. The Morgan fingerprint density at radius 2 is 2.38 bits per heavy atom. The minimum absolute atomic E-state index is 0.112. The number of hydrogen-bond acceptors (Lipinski definition) is 4. The van der Waals surface area contributed by atoms with Crippen LogP contribution in [0.25, 0.3) is 0 Å². The van der Waals surface area contributed by atoms with Gasteiger partial charge in [-0.1, -0.05) is 0 Å². The molecule has 6 heteroatoms. The van der Waals surface area contributed by atoms with Crippen LogP contribution in [0.3, 0.4) is 0 Å². The third kappa shape index (κ3) is 1.81. The Labute approximate surface area is 94.0 Å². The monoisotopic (exact) mass is 224 g/mol. The number of amides is 1. The first-order valence-corrected chi connectivity index (χ1v) is 5.21. The van der Waals surface area contributed by atoms with Gasteiger partial charge < -0.3 is 15.4 Å². The maximum atomic E-state index is 11.8. The van der Waals surface area contributed by atoms with Gasteiger partial charge in [-0.15, -0.1) is 0 Å². The second-order valence-electron chi connectivity index (χ2n) is 4.08. The van der Waals surface area contributed by atoms with Crippen LogP contribution in [-0.4, -0.2) is 47.9 Å². The molecule has 0 spiro atoms. The molecule has 0 bridgehead atoms. The fourth-order valence-electron chi connectivity index (χ4n) is 1.53. The van der Waals surface area contributed by atoms with Crippen LogP contribution in [0.2, 0.25) is 0 Å². The average Bonchev–Trinajstić information content (AvgIpc) is 2.57. The SMILES string of the molecule is CN(C)C(=O)c1nn(C2COC2)cc1CN. The van der Waals surface area contributed by atoms with Gasteiger partial charge in [0.25, 0.3) is 5.91 Å². The lowest BCUT2D eigenvalue weighted by molar-refractivity contribution is -0.0288. The number of hydrogen-bond donors (Lipinski definition) is 1. The lowest BCUT2D eigenvalue weighted by Gasteiger charge is -2.26. The van der Waals surface area contributed by atoms with Crippen molar-refractivity contribution in [2.45, 2.75) is 12.6 Å². The standard InChI is InChI=1S/C10H16N4O2/c1-13(2)10(15)9-7(3-11)4-14(12-9)8-5-16-6-8/h4,8H,3,5-6,11H2,1-2H3. The molecule has 1 aliphatic heterocycles. The van der Waals surface area contributed by atoms with Crippen LogP contribution in [0.4, 0.5) is 0 Å². The molecule has 2 heterocycles. The smallest absolute Gasteiger partial charge is 0.274 e. The minimum atomic E-state index is -0.112. The lowest BCUT2D eigenvalue weighted by Crippen LogP contribution is -2.31. The fraction of sp³-hybridized carbons (Fsp3) is 0.600. The Hall–Kier alpha value is -1.40. The number of carbonyl (C=O) groups excluding carboxylic acids is 1. The molecule has 0 saturated carbocycles. The maximum absolute atomic E-state index is 11.8. The number of aromatic nitrogens is 2. The summed E-state index contributed by atoms with van der Waals surface area (Å²) in [5, 5.41) is 4.29. The summed E-state index contributed by atoms with van der Waals surface area (Å²) in [6.07, 6.45) is 1.84. The normalized spacial score (nSPS) is 15.9. The molecule has 0 atom stereocenters. The lowest BCUT2D eigenvalue weighted by atomic mass is 10.2. The second-order valence-corrected chi connectivity index (χ2v) is 4.08. The van der Waals surface area contributed by atoms with Gasteiger partial charge in [-0.05, 0) is 0 Å². The van der Waals surface area contributed by atoms with Crippen LogP contribution < -0.4 is 5.73 Å². The van der Waals surface area contributed by atoms with Crippen LogP contribution in [0.1, 0.15) is 22.1 Å². The van der Waals surface area contributed by atoms with E-state index in [0.717, 1.165) is 5.56 Å². The third-order valence-corrected chi connectivity index (χ3v) is 2.63. The van der Waals surface area contributed by atoms with E-state index in [1.54, 1.807) is 18.8 Å². The Morgan fingerprint density at radius 1 is 1.69 bits per heavy atom. The van der Waals surface area contributed by atoms with Gasteiger partial charge in [-0.3, -0.25) is 9.48 Å². The number of rotatable bonds is 3. The summed E-state index contributed by atoms with van der Waals surface area (Å²) in [5.74, 6) is -0.112. The van der Waals surface area contributed by atoms with Crippen molar-refractivity contribution in [2.75, 3.05) is 27.3 Å². The van der Waals surface area contributed by atoms with Crippen molar-refractivity contribution in [3.05, 3.63) is 17.5 Å². The van der Waals surface area contributed by atoms with Crippen LogP contribution in [0.15, 0.2) is 6.20 Å². The highest BCUT2D eigenvalue weighted by molar-refractivity contribution is 5.93. The molecule has 16 heavy (non-hydrogen) atoms. The van der Waals surface area contributed by atoms with Crippen molar-refractivity contribution in [3.8, 4) is 0 Å². The van der Waals surface area contributed by atoms with Crippen molar-refractivity contribution in [3.63, 3.8) is 0 Å². The van der Waals surface area contributed by atoms with Gasteiger partial charge in [0, 0.05) is 32.4 Å². The predicted octanol–water partition coefficient (Wildman–Crippen LogP) is -0.385. The first-order chi connectivity index (χ1) is 7.63. The van der Waals surface area contributed by atoms with Gasteiger partial charge in [-0.2, -0.15) is 5.10 Å². The van der Waals surface area contributed by atoms with E-state index in [1.807, 2.05) is 6.20 Å². The molecule has 1 aliphatic rings. The number of ether oxygens (including phenoxy) is 1. The van der Waals surface area contributed by atoms with E-state index in [2.05, 4.69) is 5.10 Å². The third-order valence-electron chi connectivity index (χ3n) is 2.63. The molecule has 6 nitrogen and oxygen atoms in total. The predicted molar refractivity (Wildman–Crippen MR) is 58.0 cm³/mol. The van der Waals surface area contributed by atoms with Gasteiger partial charge in [0.2, 0.25) is 0 Å². The van der Waals surface area contributed by atoms with Gasteiger partial charge in [0.1, 0.15) is 0 Å². The summed E-state index contributed by atoms with van der Waals surface area (Å²) < 4.78 is 6.87. The molecule has 0 radical (unpaired) electrons. The van der Waals surface area contributed by atoms with E-state index in [9.17, 15) is 4.79 Å². The van der Waals surface area contributed by atoms with Crippen molar-refractivity contribution in [1.29, 1.82) is 0 Å². The molecule has 1 aromatic rings. The highest BCUT2D eigenvalue weighted by atomic mass is 16.5. The Bertz CT molecular complexity index is 396. The van der Waals surface area contributed by atoms with E-state index in [-0.39, 0.29) is 11.9 Å². The van der Waals surface area contributed by atoms with Crippen molar-refractivity contribution < 1.29 is 9.53 Å². The summed E-state index contributed by atoms with van der Waals surface area (Å²) in [5.41, 5.74) is 6.83. The number of nitrogens with zero attached hydrogens (tertiary/aromatic N) is 3. The Kier molecular flexibility index (Phi) is 2.93. The van der Waals surface area contributed by atoms with Gasteiger partial charge in [-0.25, -0.2) is 0 Å². The Morgan fingerprint density at radius 3 is 2.81 bits per heavy atom. The number of carbonyl (C=O) groups is 1. The van der Waals surface area contributed by atoms with E-state index in [1.165, 1.54) is 4.90 Å². The molecule has 0 aliphatic carbocycles. The topological polar surface area (TPSA) is 73.4 Å². The van der Waals surface area contributed by atoms with Gasteiger partial charge >= 0.3 is 0 Å². The molecule has 2 N–H and O–H groups in total. The van der Waals surface area contributed by atoms with Crippen molar-refractivity contribution in [2.24, 2.45) is 5.73 Å². The molecular formula is C10H16N4O2. The van der Waals surface area contributed by atoms with E-state index >= 15 is 0 Å². The quantitative estimate of drug-likeness (QED) is 0.759. The van der Waals surface area contributed by atoms with Crippen LogP contribution >= 0.6 is 0 Å². The van der Waals surface area contributed by atoms with Crippen LogP contribution in [-0.2, 0) is 11.3 Å². The fourth-order valence-corrected chi connectivity index (χ4v) is 1.53. The second kappa shape index (κ2) is 4.23. The van der Waals surface area contributed by atoms with E-state index in [4.69, 9.17) is 10.5 Å². The molecule has 88 valence electrons. The van der Waals surface area contributed by atoms with Gasteiger partial charge in [0.15, 0.2) is 5.69 Å². The molecule has 1 fully saturated rings. The summed E-state index contributed by atoms with van der Waals surface area (Å²) in [7, 11) is 3.40. The molecule has 1 saturated heterocycles. The summed E-state index contributed by atoms with van der Waals surface area (Å²) in [6, 6.07) is 0.244. The average molecular weight is 224 g/mol. The largest absolute Gasteiger partial charge is 0.377 e. The van der Waals surface area contributed by atoms with Crippen LogP contribution in [0, 0.1) is 0 Å². The van der Waals surface area contributed by atoms with Crippen LogP contribution in [0.5, 0.6) is 0 Å². The minimum Gasteiger partial charge on any atom is -0.377 e. The van der Waals surface area contributed by atoms with Crippen molar-refractivity contribution >= 4 is 5.91 Å². The highest BCUT2D eigenvalue weighted by Gasteiger charge is 2.25. The highest BCUT2D eigenvalue weighted by Crippen LogP contribution is 2.19. The molecule has 2 rings (SSSR count). The van der Waals surface area contributed by atoms with Crippen molar-refractivity contribution in [1.82, 2.24) is 14.7 Å². The Balaban J connectivity index is 2.28. The first-order valence-electron chi connectivity index (χ1n) is 5.21. The molecular weight excluding hydrogens is 208 g/mol. The molecule has 1 amide bonds. The summed E-state index contributed by atoms with van der Waals surface area (Å²) in [6.45, 7) is 1.63. The first kappa shape index (κ1) is 11.1. The van der Waals surface area contributed by atoms with E-state index in [0.29, 0.717) is 25.5 Å². The van der Waals surface area contributed by atoms with Gasteiger partial charge in [0.05, 0.1) is 19.3 Å². The zero-order chi connectivity index (χ0) is 11.7. The zero-order valence-corrected chi connectivity index (χ0v) is 9.51.